The van der Waals surface area contributed by atoms with Crippen LogP contribution >= 0.6 is 0 Å². The molecule has 0 N–H and O–H groups in total. The highest BCUT2D eigenvalue weighted by Gasteiger charge is 2.30. The second-order valence-corrected chi connectivity index (χ2v) is 7.75. The Balaban J connectivity index is 1.91. The predicted molar refractivity (Wildman–Crippen MR) is 116 cm³/mol. The fourth-order valence-electron chi connectivity index (χ4n) is 3.71. The third kappa shape index (κ3) is 6.55. The van der Waals surface area contributed by atoms with Gasteiger partial charge in [0.15, 0.2) is 0 Å². The van der Waals surface area contributed by atoms with Gasteiger partial charge in [0.2, 0.25) is 5.91 Å². The third-order valence-electron chi connectivity index (χ3n) is 5.61. The Morgan fingerprint density at radius 3 is 2.37 bits per heavy atom. The molecular weight excluding hydrogens is 382 g/mol. The number of likely N-dealkylation sites (N-methyl/N-ethyl adjacent to an activating group) is 1. The topological polar surface area (TPSA) is 70.2 Å². The second-order valence-electron chi connectivity index (χ2n) is 7.75. The number of rotatable bonds is 9. The van der Waals surface area contributed by atoms with Gasteiger partial charge in [-0.05, 0) is 50.6 Å². The molecule has 0 aliphatic carbocycles. The molecule has 1 aromatic carbocycles. The number of ether oxygens (including phenoxy) is 1. The van der Waals surface area contributed by atoms with Crippen LogP contribution in [0.3, 0.4) is 0 Å². The van der Waals surface area contributed by atoms with Crippen molar-refractivity contribution < 1.29 is 19.1 Å². The summed E-state index contributed by atoms with van der Waals surface area (Å²) in [6, 6.07) is 7.57. The largest absolute Gasteiger partial charge is 0.466 e. The number of piperidine rings is 1. The van der Waals surface area contributed by atoms with Crippen LogP contribution in [0.4, 0.5) is 0 Å². The van der Waals surface area contributed by atoms with E-state index in [1.807, 2.05) is 24.3 Å². The minimum Gasteiger partial charge on any atom is -0.466 e. The summed E-state index contributed by atoms with van der Waals surface area (Å²) in [6.07, 6.45) is 1.50. The second kappa shape index (κ2) is 11.7. The first kappa shape index (κ1) is 23.9. The number of esters is 1. The zero-order valence-electron chi connectivity index (χ0n) is 18.7. The third-order valence-corrected chi connectivity index (χ3v) is 5.61. The lowest BCUT2D eigenvalue weighted by molar-refractivity contribution is -0.151. The summed E-state index contributed by atoms with van der Waals surface area (Å²) < 4.78 is 5.09. The van der Waals surface area contributed by atoms with E-state index in [-0.39, 0.29) is 30.2 Å². The van der Waals surface area contributed by atoms with E-state index in [1.54, 1.807) is 18.9 Å². The molecule has 0 spiro atoms. The Labute approximate surface area is 180 Å². The number of carbonyl (C=O) groups is 3. The molecule has 1 aliphatic heterocycles. The first-order valence-electron chi connectivity index (χ1n) is 10.9. The number of hydrogen-bond donors (Lipinski definition) is 0. The van der Waals surface area contributed by atoms with Crippen LogP contribution in [-0.4, -0.2) is 78.9 Å². The number of carbonyl (C=O) groups excluding carboxylic acids is 3. The maximum atomic E-state index is 12.7. The molecule has 0 bridgehead atoms. The summed E-state index contributed by atoms with van der Waals surface area (Å²) in [4.78, 5) is 42.8. The van der Waals surface area contributed by atoms with Crippen LogP contribution in [0, 0.1) is 5.92 Å². The van der Waals surface area contributed by atoms with Gasteiger partial charge in [-0.15, -0.1) is 0 Å². The number of amides is 2. The number of nitrogens with zero attached hydrogens (tertiary/aromatic N) is 3. The standard InChI is InChI=1S/C23H35N3O4/c1-5-25(6-2)15-18-10-12-19(13-11-18)22(28)24(4)17-21(27)26-14-8-9-20(16-26)23(29)30-7-3/h10-13,20H,5-9,14-17H2,1-4H3. The summed E-state index contributed by atoms with van der Waals surface area (Å²) in [7, 11) is 1.64. The molecule has 1 atom stereocenters. The molecule has 7 nitrogen and oxygen atoms in total. The highest BCUT2D eigenvalue weighted by atomic mass is 16.5. The van der Waals surface area contributed by atoms with Crippen molar-refractivity contribution >= 4 is 17.8 Å². The highest BCUT2D eigenvalue weighted by Crippen LogP contribution is 2.18. The van der Waals surface area contributed by atoms with Gasteiger partial charge in [-0.2, -0.15) is 0 Å². The van der Waals surface area contributed by atoms with Crippen molar-refractivity contribution in [3.05, 3.63) is 35.4 Å². The molecule has 0 radical (unpaired) electrons. The molecule has 30 heavy (non-hydrogen) atoms. The lowest BCUT2D eigenvalue weighted by Gasteiger charge is -2.32. The molecule has 1 fully saturated rings. The van der Waals surface area contributed by atoms with Gasteiger partial charge >= 0.3 is 5.97 Å². The smallest absolute Gasteiger partial charge is 0.310 e. The van der Waals surface area contributed by atoms with Gasteiger partial charge < -0.3 is 14.5 Å². The molecule has 7 heteroatoms. The molecular formula is C23H35N3O4. The molecule has 1 heterocycles. The Morgan fingerprint density at radius 1 is 1.10 bits per heavy atom. The van der Waals surface area contributed by atoms with Crippen LogP contribution in [0.25, 0.3) is 0 Å². The quantitative estimate of drug-likeness (QED) is 0.577. The van der Waals surface area contributed by atoms with Crippen molar-refractivity contribution in [2.24, 2.45) is 5.92 Å². The van der Waals surface area contributed by atoms with Gasteiger partial charge in [-0.1, -0.05) is 26.0 Å². The number of likely N-dealkylation sites (tertiary alicyclic amines) is 1. The summed E-state index contributed by atoms with van der Waals surface area (Å²) in [5.74, 6) is -0.846. The minimum atomic E-state index is -0.276. The highest BCUT2D eigenvalue weighted by molar-refractivity contribution is 5.96. The average molecular weight is 418 g/mol. The van der Waals surface area contributed by atoms with E-state index >= 15 is 0 Å². The van der Waals surface area contributed by atoms with Crippen molar-refractivity contribution in [2.45, 2.75) is 40.2 Å². The fraction of sp³-hybridized carbons (Fsp3) is 0.609. The molecule has 2 rings (SSSR count). The SMILES string of the molecule is CCOC(=O)C1CCCN(C(=O)CN(C)C(=O)c2ccc(CN(CC)CC)cc2)C1. The summed E-state index contributed by atoms with van der Waals surface area (Å²) in [5.41, 5.74) is 1.73. The summed E-state index contributed by atoms with van der Waals surface area (Å²) in [5, 5.41) is 0. The molecule has 166 valence electrons. The van der Waals surface area contributed by atoms with Crippen LogP contribution in [0.15, 0.2) is 24.3 Å². The number of benzene rings is 1. The van der Waals surface area contributed by atoms with Gasteiger partial charge in [-0.3, -0.25) is 19.3 Å². The van der Waals surface area contributed by atoms with Crippen molar-refractivity contribution in [3.63, 3.8) is 0 Å². The lowest BCUT2D eigenvalue weighted by Crippen LogP contribution is -2.47. The predicted octanol–water partition coefficient (Wildman–Crippen LogP) is 2.40. The van der Waals surface area contributed by atoms with E-state index in [2.05, 4.69) is 18.7 Å². The molecule has 0 aromatic heterocycles. The molecule has 2 amide bonds. The Kier molecular flexibility index (Phi) is 9.30. The van der Waals surface area contributed by atoms with Crippen LogP contribution in [0.5, 0.6) is 0 Å². The average Bonchev–Trinajstić information content (AvgIpc) is 2.77. The van der Waals surface area contributed by atoms with Gasteiger partial charge in [0, 0.05) is 32.2 Å². The Morgan fingerprint density at radius 2 is 1.77 bits per heavy atom. The van der Waals surface area contributed by atoms with Crippen LogP contribution in [-0.2, 0) is 20.9 Å². The fourth-order valence-corrected chi connectivity index (χ4v) is 3.71. The van der Waals surface area contributed by atoms with Gasteiger partial charge in [0.25, 0.3) is 5.91 Å². The van der Waals surface area contributed by atoms with E-state index in [4.69, 9.17) is 4.74 Å². The van der Waals surface area contributed by atoms with Crippen LogP contribution in [0.2, 0.25) is 0 Å². The van der Waals surface area contributed by atoms with E-state index in [0.717, 1.165) is 38.0 Å². The molecule has 1 unspecified atom stereocenters. The van der Waals surface area contributed by atoms with Gasteiger partial charge in [-0.25, -0.2) is 0 Å². The minimum absolute atomic E-state index is 0.00439. The van der Waals surface area contributed by atoms with E-state index in [1.165, 1.54) is 4.90 Å². The summed E-state index contributed by atoms with van der Waals surface area (Å²) in [6.45, 7) is 10.2. The molecule has 1 aliphatic rings. The van der Waals surface area contributed by atoms with E-state index in [0.29, 0.717) is 25.3 Å². The Bertz CT molecular complexity index is 716. The zero-order valence-corrected chi connectivity index (χ0v) is 18.7. The molecule has 1 aromatic rings. The van der Waals surface area contributed by atoms with Gasteiger partial charge in [0.1, 0.15) is 0 Å². The van der Waals surface area contributed by atoms with E-state index in [9.17, 15) is 14.4 Å². The normalized spacial score (nSPS) is 16.4. The maximum Gasteiger partial charge on any atom is 0.310 e. The summed E-state index contributed by atoms with van der Waals surface area (Å²) >= 11 is 0. The number of hydrogen-bond acceptors (Lipinski definition) is 5. The zero-order chi connectivity index (χ0) is 22.1. The van der Waals surface area contributed by atoms with Gasteiger partial charge in [0.05, 0.1) is 19.1 Å². The van der Waals surface area contributed by atoms with E-state index < -0.39 is 0 Å². The first-order valence-corrected chi connectivity index (χ1v) is 10.9. The van der Waals surface area contributed by atoms with Crippen molar-refractivity contribution in [3.8, 4) is 0 Å². The monoisotopic (exact) mass is 417 g/mol. The van der Waals surface area contributed by atoms with Crippen molar-refractivity contribution in [2.75, 3.05) is 46.4 Å². The molecule has 1 saturated heterocycles. The maximum absolute atomic E-state index is 12.7. The lowest BCUT2D eigenvalue weighted by atomic mass is 9.98. The van der Waals surface area contributed by atoms with Crippen molar-refractivity contribution in [1.82, 2.24) is 14.7 Å². The first-order chi connectivity index (χ1) is 14.4. The Hall–Kier alpha value is -2.41. The van der Waals surface area contributed by atoms with Crippen LogP contribution < -0.4 is 0 Å². The van der Waals surface area contributed by atoms with Crippen LogP contribution in [0.1, 0.15) is 49.5 Å². The molecule has 0 saturated carbocycles. The van der Waals surface area contributed by atoms with Crippen molar-refractivity contribution in [1.29, 1.82) is 0 Å².